The van der Waals surface area contributed by atoms with Gasteiger partial charge in [0.15, 0.2) is 0 Å². The Bertz CT molecular complexity index is 619. The number of benzene rings is 2. The van der Waals surface area contributed by atoms with Gasteiger partial charge in [0, 0.05) is 6.61 Å². The van der Waals surface area contributed by atoms with E-state index in [2.05, 4.69) is 6.07 Å². The molecule has 2 aromatic rings. The molecule has 0 radical (unpaired) electrons. The molecular formula is C17H17NO3. The van der Waals surface area contributed by atoms with E-state index in [1.807, 2.05) is 30.3 Å². The Morgan fingerprint density at radius 3 is 2.24 bits per heavy atom. The van der Waals surface area contributed by atoms with E-state index in [9.17, 15) is 0 Å². The lowest BCUT2D eigenvalue weighted by Gasteiger charge is -2.12. The first kappa shape index (κ1) is 14.9. The third-order valence-corrected chi connectivity index (χ3v) is 2.96. The number of ether oxygens (including phenoxy) is 2. The van der Waals surface area contributed by atoms with Gasteiger partial charge in [0.05, 0.1) is 5.56 Å². The molecule has 0 atom stereocenters. The van der Waals surface area contributed by atoms with Crippen molar-refractivity contribution in [2.75, 3.05) is 19.8 Å². The van der Waals surface area contributed by atoms with Crippen molar-refractivity contribution >= 4 is 0 Å². The highest BCUT2D eigenvalue weighted by molar-refractivity contribution is 5.42. The van der Waals surface area contributed by atoms with Gasteiger partial charge in [0.2, 0.25) is 0 Å². The fourth-order valence-corrected chi connectivity index (χ4v) is 1.96. The van der Waals surface area contributed by atoms with Crippen LogP contribution in [0.2, 0.25) is 0 Å². The maximum absolute atomic E-state index is 9.01. The lowest BCUT2D eigenvalue weighted by Crippen LogP contribution is -2.10. The van der Waals surface area contributed by atoms with Crippen LogP contribution in [0.1, 0.15) is 11.1 Å². The summed E-state index contributed by atoms with van der Waals surface area (Å²) in [5.74, 6) is 1.32. The molecule has 0 heterocycles. The lowest BCUT2D eigenvalue weighted by molar-refractivity contribution is 0.214. The maximum Gasteiger partial charge on any atom is 0.137 e. The van der Waals surface area contributed by atoms with Crippen LogP contribution in [-0.4, -0.2) is 24.9 Å². The molecule has 0 aromatic heterocycles. The quantitative estimate of drug-likeness (QED) is 0.793. The van der Waals surface area contributed by atoms with Gasteiger partial charge in [-0.05, 0) is 30.2 Å². The molecule has 0 spiro atoms. The van der Waals surface area contributed by atoms with Gasteiger partial charge in [-0.2, -0.15) is 5.26 Å². The minimum Gasteiger partial charge on any atom is -0.490 e. The first-order valence-electron chi connectivity index (χ1n) is 6.78. The van der Waals surface area contributed by atoms with Gasteiger partial charge in [-0.15, -0.1) is 0 Å². The molecule has 2 rings (SSSR count). The van der Waals surface area contributed by atoms with Crippen LogP contribution in [0.5, 0.6) is 11.5 Å². The van der Waals surface area contributed by atoms with E-state index >= 15 is 0 Å². The number of aliphatic hydroxyl groups is 1. The largest absolute Gasteiger partial charge is 0.490 e. The first-order valence-corrected chi connectivity index (χ1v) is 6.78. The van der Waals surface area contributed by atoms with Crippen molar-refractivity contribution in [3.05, 3.63) is 59.7 Å². The highest BCUT2D eigenvalue weighted by Crippen LogP contribution is 2.19. The molecule has 0 fully saturated rings. The van der Waals surface area contributed by atoms with Crippen LogP contribution in [0.15, 0.2) is 48.5 Å². The van der Waals surface area contributed by atoms with Crippen LogP contribution < -0.4 is 9.47 Å². The van der Waals surface area contributed by atoms with E-state index in [1.165, 1.54) is 0 Å². The Morgan fingerprint density at radius 2 is 1.52 bits per heavy atom. The third kappa shape index (κ3) is 4.23. The molecule has 2 aromatic carbocycles. The Labute approximate surface area is 124 Å². The number of hydrogen-bond acceptors (Lipinski definition) is 4. The highest BCUT2D eigenvalue weighted by atomic mass is 16.5. The van der Waals surface area contributed by atoms with E-state index in [0.717, 1.165) is 11.3 Å². The van der Waals surface area contributed by atoms with Crippen LogP contribution >= 0.6 is 0 Å². The Hall–Kier alpha value is -2.51. The average Bonchev–Trinajstić information content (AvgIpc) is 2.53. The van der Waals surface area contributed by atoms with E-state index in [-0.39, 0.29) is 6.61 Å². The highest BCUT2D eigenvalue weighted by Gasteiger charge is 2.04. The van der Waals surface area contributed by atoms with E-state index in [4.69, 9.17) is 19.8 Å². The van der Waals surface area contributed by atoms with Crippen LogP contribution in [0, 0.1) is 11.3 Å². The molecule has 0 unspecified atom stereocenters. The zero-order valence-corrected chi connectivity index (χ0v) is 11.7. The zero-order valence-electron chi connectivity index (χ0n) is 11.7. The molecule has 0 aliphatic rings. The second kappa shape index (κ2) is 7.93. The lowest BCUT2D eigenvalue weighted by atomic mass is 10.1. The van der Waals surface area contributed by atoms with Crippen molar-refractivity contribution in [1.82, 2.24) is 0 Å². The summed E-state index contributed by atoms with van der Waals surface area (Å²) in [6.45, 7) is 0.820. The third-order valence-electron chi connectivity index (χ3n) is 2.96. The summed E-state index contributed by atoms with van der Waals surface area (Å²) in [7, 11) is 0. The molecule has 4 heteroatoms. The van der Waals surface area contributed by atoms with Crippen LogP contribution in [0.4, 0.5) is 0 Å². The average molecular weight is 283 g/mol. The first-order chi connectivity index (χ1) is 10.3. The Morgan fingerprint density at radius 1 is 0.905 bits per heavy atom. The summed E-state index contributed by atoms with van der Waals surface area (Å²) in [6, 6.07) is 16.8. The van der Waals surface area contributed by atoms with E-state index in [0.29, 0.717) is 30.9 Å². The number of hydrogen-bond donors (Lipinski definition) is 1. The van der Waals surface area contributed by atoms with E-state index < -0.39 is 0 Å². The fraction of sp³-hybridized carbons (Fsp3) is 0.235. The number of para-hydroxylation sites is 2. The van der Waals surface area contributed by atoms with Gasteiger partial charge < -0.3 is 14.6 Å². The maximum atomic E-state index is 9.01. The molecule has 0 bridgehead atoms. The molecule has 108 valence electrons. The standard InChI is InChI=1S/C17H17NO3/c18-13-15-6-2-4-8-17(15)21-12-11-20-16-7-3-1-5-14(16)9-10-19/h1-8,19H,9-12H2. The Kier molecular flexibility index (Phi) is 5.62. The molecule has 1 N–H and O–H groups in total. The summed E-state index contributed by atoms with van der Waals surface area (Å²) < 4.78 is 11.2. The molecule has 0 saturated carbocycles. The summed E-state index contributed by atoms with van der Waals surface area (Å²) in [5.41, 5.74) is 1.48. The van der Waals surface area contributed by atoms with Gasteiger partial charge in [-0.1, -0.05) is 30.3 Å². The van der Waals surface area contributed by atoms with Crippen LogP contribution in [0.3, 0.4) is 0 Å². The Balaban J connectivity index is 1.86. The van der Waals surface area contributed by atoms with Crippen LogP contribution in [0.25, 0.3) is 0 Å². The van der Waals surface area contributed by atoms with Crippen molar-refractivity contribution in [1.29, 1.82) is 5.26 Å². The van der Waals surface area contributed by atoms with Crippen LogP contribution in [-0.2, 0) is 6.42 Å². The van der Waals surface area contributed by atoms with Crippen molar-refractivity contribution in [3.63, 3.8) is 0 Å². The predicted molar refractivity (Wildman–Crippen MR) is 79.4 cm³/mol. The number of nitrogens with zero attached hydrogens (tertiary/aromatic N) is 1. The van der Waals surface area contributed by atoms with Crippen molar-refractivity contribution < 1.29 is 14.6 Å². The predicted octanol–water partition coefficient (Wildman–Crippen LogP) is 2.55. The summed E-state index contributed by atoms with van der Waals surface area (Å²) in [6.07, 6.45) is 0.564. The van der Waals surface area contributed by atoms with Gasteiger partial charge in [0.25, 0.3) is 0 Å². The van der Waals surface area contributed by atoms with Crippen molar-refractivity contribution in [2.45, 2.75) is 6.42 Å². The van der Waals surface area contributed by atoms with Gasteiger partial charge >= 0.3 is 0 Å². The number of rotatable bonds is 7. The van der Waals surface area contributed by atoms with E-state index in [1.54, 1.807) is 18.2 Å². The fourth-order valence-electron chi connectivity index (χ4n) is 1.96. The second-order valence-corrected chi connectivity index (χ2v) is 4.39. The van der Waals surface area contributed by atoms with Gasteiger partial charge in [-0.3, -0.25) is 0 Å². The van der Waals surface area contributed by atoms with Crippen molar-refractivity contribution in [3.8, 4) is 17.6 Å². The number of aliphatic hydroxyl groups excluding tert-OH is 1. The molecule has 21 heavy (non-hydrogen) atoms. The molecule has 4 nitrogen and oxygen atoms in total. The van der Waals surface area contributed by atoms with Crippen molar-refractivity contribution in [2.24, 2.45) is 0 Å². The normalized spacial score (nSPS) is 9.90. The molecular weight excluding hydrogens is 266 g/mol. The monoisotopic (exact) mass is 283 g/mol. The van der Waals surface area contributed by atoms with Gasteiger partial charge in [-0.25, -0.2) is 0 Å². The SMILES string of the molecule is N#Cc1ccccc1OCCOc1ccccc1CCO. The minimum absolute atomic E-state index is 0.0897. The molecule has 0 aliphatic heterocycles. The molecule has 0 saturated heterocycles. The summed E-state index contributed by atoms with van der Waals surface area (Å²) in [4.78, 5) is 0. The molecule has 0 amide bonds. The second-order valence-electron chi connectivity index (χ2n) is 4.39. The summed E-state index contributed by atoms with van der Waals surface area (Å²) in [5, 5.41) is 18.0. The zero-order chi connectivity index (χ0) is 14.9. The summed E-state index contributed by atoms with van der Waals surface area (Å²) >= 11 is 0. The minimum atomic E-state index is 0.0897. The number of nitriles is 1. The molecule has 0 aliphatic carbocycles. The van der Waals surface area contributed by atoms with Gasteiger partial charge in [0.1, 0.15) is 30.8 Å². The topological polar surface area (TPSA) is 62.5 Å². The smallest absolute Gasteiger partial charge is 0.137 e.